The van der Waals surface area contributed by atoms with Crippen LogP contribution in [0.1, 0.15) is 34.6 Å². The maximum absolute atomic E-state index is 10.6. The third kappa shape index (κ3) is 5.94. The molecule has 0 aromatic heterocycles. The van der Waals surface area contributed by atoms with E-state index in [4.69, 9.17) is 5.11 Å². The number of carboxylic acid groups (broad SMARTS) is 1. The van der Waals surface area contributed by atoms with Crippen LogP contribution in [0.4, 0.5) is 0 Å². The zero-order valence-corrected chi connectivity index (χ0v) is 9.66. The first-order valence-corrected chi connectivity index (χ1v) is 4.71. The van der Waals surface area contributed by atoms with Gasteiger partial charge in [-0.3, -0.25) is 9.69 Å². The Kier molecular flexibility index (Phi) is 4.09. The molecule has 0 aromatic carbocycles. The molecule has 0 rings (SSSR count). The van der Waals surface area contributed by atoms with Gasteiger partial charge in [0.25, 0.3) is 0 Å². The molecule has 0 spiro atoms. The summed E-state index contributed by atoms with van der Waals surface area (Å²) in [5.41, 5.74) is -1.12. The summed E-state index contributed by atoms with van der Waals surface area (Å²) in [6, 6.07) is 0. The van der Waals surface area contributed by atoms with Gasteiger partial charge in [0.15, 0.2) is 0 Å². The van der Waals surface area contributed by atoms with Crippen LogP contribution in [0.25, 0.3) is 0 Å². The Morgan fingerprint density at radius 2 is 1.64 bits per heavy atom. The second-order valence-electron chi connectivity index (χ2n) is 5.23. The number of β-amino-alcohol motifs (C(OH)–C–C–N with tert-alkyl or cyclic N) is 1. The number of carbonyl (C=O) groups is 1. The molecular formula is C10H21NO3. The van der Waals surface area contributed by atoms with E-state index in [-0.39, 0.29) is 12.1 Å². The molecule has 0 heterocycles. The van der Waals surface area contributed by atoms with E-state index in [2.05, 4.69) is 0 Å². The number of hydrogen-bond acceptors (Lipinski definition) is 3. The van der Waals surface area contributed by atoms with Gasteiger partial charge < -0.3 is 10.2 Å². The molecule has 2 N–H and O–H groups in total. The molecule has 0 radical (unpaired) electrons. The lowest BCUT2D eigenvalue weighted by Crippen LogP contribution is -2.50. The van der Waals surface area contributed by atoms with Gasteiger partial charge in [0, 0.05) is 12.1 Å². The van der Waals surface area contributed by atoms with Gasteiger partial charge in [-0.15, -0.1) is 0 Å². The maximum Gasteiger partial charge on any atom is 0.317 e. The number of rotatable bonds is 4. The van der Waals surface area contributed by atoms with E-state index in [0.29, 0.717) is 6.54 Å². The van der Waals surface area contributed by atoms with Crippen LogP contribution in [-0.4, -0.2) is 45.3 Å². The normalized spacial score (nSPS) is 13.4. The van der Waals surface area contributed by atoms with Crippen LogP contribution in [0, 0.1) is 0 Å². The van der Waals surface area contributed by atoms with Crippen molar-refractivity contribution in [2.24, 2.45) is 0 Å². The van der Waals surface area contributed by atoms with Crippen molar-refractivity contribution < 1.29 is 15.0 Å². The predicted molar refractivity (Wildman–Crippen MR) is 55.3 cm³/mol. The van der Waals surface area contributed by atoms with Gasteiger partial charge in [-0.25, -0.2) is 0 Å². The Bertz CT molecular complexity index is 200. The van der Waals surface area contributed by atoms with Crippen molar-refractivity contribution in [1.29, 1.82) is 0 Å². The molecule has 0 saturated heterocycles. The lowest BCUT2D eigenvalue weighted by atomic mass is 10.0. The largest absolute Gasteiger partial charge is 0.480 e. The first kappa shape index (κ1) is 13.4. The van der Waals surface area contributed by atoms with E-state index in [1.165, 1.54) is 0 Å². The van der Waals surface area contributed by atoms with Crippen LogP contribution in [0.3, 0.4) is 0 Å². The summed E-state index contributed by atoms with van der Waals surface area (Å²) in [5.74, 6) is -0.871. The Hall–Kier alpha value is -0.610. The highest BCUT2D eigenvalue weighted by molar-refractivity contribution is 5.69. The second kappa shape index (κ2) is 4.28. The van der Waals surface area contributed by atoms with Crippen molar-refractivity contribution in [3.63, 3.8) is 0 Å². The summed E-state index contributed by atoms with van der Waals surface area (Å²) >= 11 is 0. The number of nitrogens with zero attached hydrogens (tertiary/aromatic N) is 1. The van der Waals surface area contributed by atoms with Crippen molar-refractivity contribution in [2.75, 3.05) is 13.1 Å². The van der Waals surface area contributed by atoms with Crippen molar-refractivity contribution in [1.82, 2.24) is 4.90 Å². The van der Waals surface area contributed by atoms with E-state index in [1.807, 2.05) is 20.8 Å². The summed E-state index contributed by atoms with van der Waals surface area (Å²) in [6.07, 6.45) is 0. The minimum atomic E-state index is -0.872. The minimum Gasteiger partial charge on any atom is -0.480 e. The fourth-order valence-electron chi connectivity index (χ4n) is 1.16. The number of hydrogen-bond donors (Lipinski definition) is 2. The SMILES string of the molecule is CC(C)(O)CN(CC(=O)O)C(C)(C)C. The molecule has 0 saturated carbocycles. The fraction of sp³-hybridized carbons (Fsp3) is 0.900. The summed E-state index contributed by atoms with van der Waals surface area (Å²) in [4.78, 5) is 12.4. The number of aliphatic hydroxyl groups is 1. The topological polar surface area (TPSA) is 60.8 Å². The highest BCUT2D eigenvalue weighted by Gasteiger charge is 2.28. The molecule has 0 aliphatic rings. The van der Waals surface area contributed by atoms with Gasteiger partial charge in [-0.1, -0.05) is 0 Å². The molecular weight excluding hydrogens is 182 g/mol. The fourth-order valence-corrected chi connectivity index (χ4v) is 1.16. The smallest absolute Gasteiger partial charge is 0.317 e. The highest BCUT2D eigenvalue weighted by atomic mass is 16.4. The minimum absolute atomic E-state index is 0.0481. The van der Waals surface area contributed by atoms with Crippen LogP contribution in [0.2, 0.25) is 0 Å². The summed E-state index contributed by atoms with van der Waals surface area (Å²) in [5, 5.41) is 18.4. The molecule has 0 amide bonds. The second-order valence-corrected chi connectivity index (χ2v) is 5.23. The predicted octanol–water partition coefficient (Wildman–Crippen LogP) is 0.942. The highest BCUT2D eigenvalue weighted by Crippen LogP contribution is 2.16. The lowest BCUT2D eigenvalue weighted by molar-refractivity contribution is -0.140. The Morgan fingerprint density at radius 1 is 1.21 bits per heavy atom. The van der Waals surface area contributed by atoms with Crippen molar-refractivity contribution in [2.45, 2.75) is 45.8 Å². The van der Waals surface area contributed by atoms with Crippen molar-refractivity contribution >= 4 is 5.97 Å². The molecule has 0 aliphatic carbocycles. The molecule has 0 bridgehead atoms. The van der Waals surface area contributed by atoms with Gasteiger partial charge in [0.1, 0.15) is 0 Å². The van der Waals surface area contributed by atoms with E-state index in [9.17, 15) is 9.90 Å². The van der Waals surface area contributed by atoms with Crippen molar-refractivity contribution in [3.8, 4) is 0 Å². The van der Waals surface area contributed by atoms with Crippen LogP contribution in [0.15, 0.2) is 0 Å². The zero-order valence-electron chi connectivity index (χ0n) is 9.66. The monoisotopic (exact) mass is 203 g/mol. The molecule has 4 heteroatoms. The molecule has 0 atom stereocenters. The molecule has 0 fully saturated rings. The number of aliphatic carboxylic acids is 1. The third-order valence-corrected chi connectivity index (χ3v) is 1.85. The molecule has 0 unspecified atom stereocenters. The van der Waals surface area contributed by atoms with Crippen LogP contribution < -0.4 is 0 Å². The zero-order chi connectivity index (χ0) is 11.6. The lowest BCUT2D eigenvalue weighted by Gasteiger charge is -2.38. The van der Waals surface area contributed by atoms with Crippen LogP contribution >= 0.6 is 0 Å². The standard InChI is InChI=1S/C10H21NO3/c1-9(2,3)11(6-8(12)13)7-10(4,5)14/h14H,6-7H2,1-5H3,(H,12,13). The third-order valence-electron chi connectivity index (χ3n) is 1.85. The first-order valence-electron chi connectivity index (χ1n) is 4.71. The van der Waals surface area contributed by atoms with Gasteiger partial charge in [-0.05, 0) is 34.6 Å². The van der Waals surface area contributed by atoms with Gasteiger partial charge >= 0.3 is 5.97 Å². The van der Waals surface area contributed by atoms with Crippen molar-refractivity contribution in [3.05, 3.63) is 0 Å². The van der Waals surface area contributed by atoms with Gasteiger partial charge in [-0.2, -0.15) is 0 Å². The average molecular weight is 203 g/mol. The van der Waals surface area contributed by atoms with E-state index in [1.54, 1.807) is 18.7 Å². The van der Waals surface area contributed by atoms with Crippen LogP contribution in [-0.2, 0) is 4.79 Å². The Labute approximate surface area is 85.5 Å². The van der Waals surface area contributed by atoms with E-state index >= 15 is 0 Å². The maximum atomic E-state index is 10.6. The Balaban J connectivity index is 4.50. The van der Waals surface area contributed by atoms with E-state index < -0.39 is 11.6 Å². The number of carboxylic acids is 1. The molecule has 4 nitrogen and oxygen atoms in total. The quantitative estimate of drug-likeness (QED) is 0.714. The summed E-state index contributed by atoms with van der Waals surface area (Å²) in [6.45, 7) is 9.45. The molecule has 14 heavy (non-hydrogen) atoms. The molecule has 0 aromatic rings. The van der Waals surface area contributed by atoms with Gasteiger partial charge in [0.2, 0.25) is 0 Å². The summed E-state index contributed by atoms with van der Waals surface area (Å²) in [7, 11) is 0. The van der Waals surface area contributed by atoms with Crippen LogP contribution in [0.5, 0.6) is 0 Å². The Morgan fingerprint density at radius 3 is 1.86 bits per heavy atom. The van der Waals surface area contributed by atoms with Gasteiger partial charge in [0.05, 0.1) is 12.1 Å². The average Bonchev–Trinajstić information content (AvgIpc) is 1.78. The molecule has 0 aliphatic heterocycles. The van der Waals surface area contributed by atoms with E-state index in [0.717, 1.165) is 0 Å². The first-order chi connectivity index (χ1) is 6.02. The molecule has 84 valence electrons. The summed E-state index contributed by atoms with van der Waals surface area (Å²) < 4.78 is 0.